The molecule has 1 amide bonds. The second-order valence-corrected chi connectivity index (χ2v) is 7.50. The molecule has 3 rings (SSSR count). The van der Waals surface area contributed by atoms with Gasteiger partial charge in [0.1, 0.15) is 0 Å². The van der Waals surface area contributed by atoms with Crippen LogP contribution in [0, 0.1) is 5.92 Å². The predicted octanol–water partition coefficient (Wildman–Crippen LogP) is 2.71. The first kappa shape index (κ1) is 18.2. The second-order valence-electron chi connectivity index (χ2n) is 7.50. The molecular weight excluding hydrogens is 314 g/mol. The van der Waals surface area contributed by atoms with Crippen LogP contribution in [0.25, 0.3) is 0 Å². The number of rotatable bonds is 5. The summed E-state index contributed by atoms with van der Waals surface area (Å²) in [5, 5.41) is 12.7. The highest BCUT2D eigenvalue weighted by Gasteiger charge is 2.23. The molecule has 1 atom stereocenters. The summed E-state index contributed by atoms with van der Waals surface area (Å²) in [6.07, 6.45) is 5.56. The van der Waals surface area contributed by atoms with E-state index in [2.05, 4.69) is 27.2 Å². The molecule has 138 valence electrons. The number of amides is 1. The zero-order valence-corrected chi connectivity index (χ0v) is 15.3. The average molecular weight is 345 g/mol. The standard InChI is InChI=1S/C20H31N3O2/c1-16(24)17-9-13-22(14-10-17)15-20(25)21-18-5-7-19(8-6-18)23-11-3-2-4-12-23/h5-8,16-17,24H,2-4,9-15H2,1H3,(H,21,25). The molecule has 2 N–H and O–H groups in total. The van der Waals surface area contributed by atoms with Gasteiger partial charge >= 0.3 is 0 Å². The van der Waals surface area contributed by atoms with Crippen molar-refractivity contribution in [3.8, 4) is 0 Å². The lowest BCUT2D eigenvalue weighted by Crippen LogP contribution is -2.41. The minimum absolute atomic E-state index is 0.0428. The van der Waals surface area contributed by atoms with E-state index in [1.165, 1.54) is 24.9 Å². The molecule has 1 aromatic rings. The SMILES string of the molecule is CC(O)C1CCN(CC(=O)Nc2ccc(N3CCCCC3)cc2)CC1. The van der Waals surface area contributed by atoms with Crippen molar-refractivity contribution in [3.05, 3.63) is 24.3 Å². The highest BCUT2D eigenvalue weighted by Crippen LogP contribution is 2.22. The van der Waals surface area contributed by atoms with Gasteiger partial charge < -0.3 is 15.3 Å². The Morgan fingerprint density at radius 2 is 1.76 bits per heavy atom. The molecule has 5 nitrogen and oxygen atoms in total. The maximum absolute atomic E-state index is 12.3. The molecule has 25 heavy (non-hydrogen) atoms. The van der Waals surface area contributed by atoms with Crippen LogP contribution in [0.3, 0.4) is 0 Å². The van der Waals surface area contributed by atoms with Crippen LogP contribution in [0.4, 0.5) is 11.4 Å². The Labute approximate surface area is 151 Å². The highest BCUT2D eigenvalue weighted by atomic mass is 16.3. The molecule has 0 radical (unpaired) electrons. The van der Waals surface area contributed by atoms with Crippen LogP contribution in [0.15, 0.2) is 24.3 Å². The van der Waals surface area contributed by atoms with Gasteiger partial charge in [-0.2, -0.15) is 0 Å². The largest absolute Gasteiger partial charge is 0.393 e. The minimum atomic E-state index is -0.241. The Morgan fingerprint density at radius 3 is 2.36 bits per heavy atom. The van der Waals surface area contributed by atoms with E-state index >= 15 is 0 Å². The number of piperidine rings is 2. The van der Waals surface area contributed by atoms with Crippen molar-refractivity contribution < 1.29 is 9.90 Å². The summed E-state index contributed by atoms with van der Waals surface area (Å²) in [6, 6.07) is 8.22. The number of likely N-dealkylation sites (tertiary alicyclic amines) is 1. The predicted molar refractivity (Wildman–Crippen MR) is 102 cm³/mol. The fourth-order valence-electron chi connectivity index (χ4n) is 3.90. The fourth-order valence-corrected chi connectivity index (χ4v) is 3.90. The van der Waals surface area contributed by atoms with Crippen LogP contribution >= 0.6 is 0 Å². The van der Waals surface area contributed by atoms with Crippen LogP contribution in [-0.2, 0) is 4.79 Å². The normalized spacial score (nSPS) is 21.1. The van der Waals surface area contributed by atoms with Crippen molar-refractivity contribution in [1.82, 2.24) is 4.90 Å². The van der Waals surface area contributed by atoms with E-state index in [1.807, 2.05) is 19.1 Å². The molecule has 1 aromatic carbocycles. The van der Waals surface area contributed by atoms with Crippen LogP contribution in [0.1, 0.15) is 39.0 Å². The third kappa shape index (κ3) is 5.19. The summed E-state index contributed by atoms with van der Waals surface area (Å²) < 4.78 is 0. The van der Waals surface area contributed by atoms with E-state index < -0.39 is 0 Å². The molecule has 0 aliphatic carbocycles. The Bertz CT molecular complexity index is 545. The minimum Gasteiger partial charge on any atom is -0.393 e. The zero-order valence-electron chi connectivity index (χ0n) is 15.3. The highest BCUT2D eigenvalue weighted by molar-refractivity contribution is 5.92. The Balaban J connectivity index is 1.45. The summed E-state index contributed by atoms with van der Waals surface area (Å²) in [7, 11) is 0. The first-order chi connectivity index (χ1) is 12.1. The van der Waals surface area contributed by atoms with Crippen molar-refractivity contribution in [1.29, 1.82) is 0 Å². The zero-order chi connectivity index (χ0) is 17.6. The molecule has 2 saturated heterocycles. The molecule has 0 saturated carbocycles. The number of carbonyl (C=O) groups excluding carboxylic acids is 1. The van der Waals surface area contributed by atoms with Crippen molar-refractivity contribution >= 4 is 17.3 Å². The monoisotopic (exact) mass is 345 g/mol. The summed E-state index contributed by atoms with van der Waals surface area (Å²) in [5.41, 5.74) is 2.11. The summed E-state index contributed by atoms with van der Waals surface area (Å²) in [4.78, 5) is 16.9. The van der Waals surface area contributed by atoms with Gasteiger partial charge in [-0.3, -0.25) is 9.69 Å². The Hall–Kier alpha value is -1.59. The molecule has 0 spiro atoms. The molecule has 2 aliphatic rings. The average Bonchev–Trinajstić information content (AvgIpc) is 2.63. The van der Waals surface area contributed by atoms with Gasteiger partial charge in [-0.25, -0.2) is 0 Å². The summed E-state index contributed by atoms with van der Waals surface area (Å²) >= 11 is 0. The van der Waals surface area contributed by atoms with Crippen LogP contribution < -0.4 is 10.2 Å². The molecule has 2 fully saturated rings. The van der Waals surface area contributed by atoms with Gasteiger partial charge in [0.05, 0.1) is 12.6 Å². The van der Waals surface area contributed by atoms with Crippen molar-refractivity contribution in [2.75, 3.05) is 42.9 Å². The van der Waals surface area contributed by atoms with E-state index in [4.69, 9.17) is 0 Å². The van der Waals surface area contributed by atoms with Crippen molar-refractivity contribution in [2.24, 2.45) is 5.92 Å². The van der Waals surface area contributed by atoms with E-state index in [9.17, 15) is 9.90 Å². The number of hydrogen-bond donors (Lipinski definition) is 2. The van der Waals surface area contributed by atoms with Gasteiger partial charge in [0, 0.05) is 24.5 Å². The number of nitrogens with one attached hydrogen (secondary N) is 1. The molecule has 2 heterocycles. The molecule has 0 aromatic heterocycles. The lowest BCUT2D eigenvalue weighted by atomic mass is 9.92. The number of hydrogen-bond acceptors (Lipinski definition) is 4. The van der Waals surface area contributed by atoms with E-state index in [0.717, 1.165) is 44.7 Å². The molecule has 0 bridgehead atoms. The smallest absolute Gasteiger partial charge is 0.238 e. The van der Waals surface area contributed by atoms with Crippen molar-refractivity contribution in [3.63, 3.8) is 0 Å². The third-order valence-corrected chi connectivity index (χ3v) is 5.55. The topological polar surface area (TPSA) is 55.8 Å². The lowest BCUT2D eigenvalue weighted by molar-refractivity contribution is -0.117. The van der Waals surface area contributed by atoms with Crippen LogP contribution in [0.2, 0.25) is 0 Å². The molecule has 5 heteroatoms. The fraction of sp³-hybridized carbons (Fsp3) is 0.650. The Morgan fingerprint density at radius 1 is 1.12 bits per heavy atom. The quantitative estimate of drug-likeness (QED) is 0.861. The van der Waals surface area contributed by atoms with Gasteiger partial charge in [0.25, 0.3) is 0 Å². The van der Waals surface area contributed by atoms with Crippen molar-refractivity contribution in [2.45, 2.75) is 45.1 Å². The van der Waals surface area contributed by atoms with Gasteiger partial charge in [-0.15, -0.1) is 0 Å². The van der Waals surface area contributed by atoms with Gasteiger partial charge in [0.2, 0.25) is 5.91 Å². The molecular formula is C20H31N3O2. The first-order valence-corrected chi connectivity index (χ1v) is 9.67. The second kappa shape index (κ2) is 8.68. The number of anilines is 2. The van der Waals surface area contributed by atoms with E-state index in [1.54, 1.807) is 0 Å². The number of nitrogens with zero attached hydrogens (tertiary/aromatic N) is 2. The number of aliphatic hydroxyl groups is 1. The van der Waals surface area contributed by atoms with Crippen LogP contribution in [-0.4, -0.2) is 54.7 Å². The number of benzene rings is 1. The van der Waals surface area contributed by atoms with Crippen LogP contribution in [0.5, 0.6) is 0 Å². The summed E-state index contributed by atoms with van der Waals surface area (Å²) in [5.74, 6) is 0.419. The molecule has 2 aliphatic heterocycles. The van der Waals surface area contributed by atoms with Gasteiger partial charge in [0.15, 0.2) is 0 Å². The number of aliphatic hydroxyl groups excluding tert-OH is 1. The lowest BCUT2D eigenvalue weighted by Gasteiger charge is -2.32. The number of carbonyl (C=O) groups is 1. The third-order valence-electron chi connectivity index (χ3n) is 5.55. The maximum Gasteiger partial charge on any atom is 0.238 e. The van der Waals surface area contributed by atoms with E-state index in [0.29, 0.717) is 12.5 Å². The van der Waals surface area contributed by atoms with Gasteiger partial charge in [-0.1, -0.05) is 0 Å². The molecule has 1 unspecified atom stereocenters. The maximum atomic E-state index is 12.3. The first-order valence-electron chi connectivity index (χ1n) is 9.67. The van der Waals surface area contributed by atoms with Gasteiger partial charge in [-0.05, 0) is 82.3 Å². The Kier molecular flexibility index (Phi) is 6.32. The summed E-state index contributed by atoms with van der Waals surface area (Å²) in [6.45, 7) is 6.33. The van der Waals surface area contributed by atoms with E-state index in [-0.39, 0.29) is 12.0 Å².